The summed E-state index contributed by atoms with van der Waals surface area (Å²) in [5.41, 5.74) is 3.67. The van der Waals surface area contributed by atoms with Crippen LogP contribution in [0, 0.1) is 6.92 Å². The summed E-state index contributed by atoms with van der Waals surface area (Å²) in [6, 6.07) is 5.89. The van der Waals surface area contributed by atoms with Gasteiger partial charge in [-0.1, -0.05) is 31.5 Å². The summed E-state index contributed by atoms with van der Waals surface area (Å²) in [5.74, 6) is -2.26. The highest BCUT2D eigenvalue weighted by Gasteiger charge is 2.29. The molecule has 23 heavy (non-hydrogen) atoms. The molecule has 0 unspecified atom stereocenters. The monoisotopic (exact) mass is 314 g/mol. The van der Waals surface area contributed by atoms with E-state index in [4.69, 9.17) is 0 Å². The summed E-state index contributed by atoms with van der Waals surface area (Å²) in [6.07, 6.45) is 3.10. The summed E-state index contributed by atoms with van der Waals surface area (Å²) in [5, 5.41) is 10.2. The number of aliphatic carboxylic acids is 1. The molecule has 2 aromatic rings. The molecule has 0 aliphatic carbocycles. The molecule has 0 fully saturated rings. The molecule has 1 aromatic heterocycles. The number of rotatable bonds is 3. The van der Waals surface area contributed by atoms with Gasteiger partial charge in [-0.15, -0.1) is 0 Å². The predicted molar refractivity (Wildman–Crippen MR) is 88.8 cm³/mol. The first-order valence-electron chi connectivity index (χ1n) is 8.16. The lowest BCUT2D eigenvalue weighted by Gasteiger charge is -2.27. The van der Waals surface area contributed by atoms with Crippen molar-refractivity contribution < 1.29 is 14.7 Å². The van der Waals surface area contributed by atoms with Crippen LogP contribution >= 0.6 is 0 Å². The van der Waals surface area contributed by atoms with E-state index in [1.807, 2.05) is 25.1 Å². The van der Waals surface area contributed by atoms with E-state index < -0.39 is 11.9 Å². The zero-order valence-electron chi connectivity index (χ0n) is 13.6. The highest BCUT2D eigenvalue weighted by Crippen LogP contribution is 2.32. The Labute approximate surface area is 135 Å². The van der Waals surface area contributed by atoms with Crippen LogP contribution in [-0.2, 0) is 17.8 Å². The van der Waals surface area contributed by atoms with Crippen molar-refractivity contribution in [2.24, 2.45) is 0 Å². The molecule has 122 valence electrons. The van der Waals surface area contributed by atoms with E-state index in [1.54, 1.807) is 0 Å². The maximum atomic E-state index is 12.3. The average Bonchev–Trinajstić information content (AvgIpc) is 2.87. The first-order chi connectivity index (χ1) is 11.0. The first-order valence-corrected chi connectivity index (χ1v) is 8.16. The van der Waals surface area contributed by atoms with Gasteiger partial charge in [-0.2, -0.15) is 0 Å². The third-order valence-electron chi connectivity index (χ3n) is 4.67. The maximum absolute atomic E-state index is 12.3. The number of benzene rings is 1. The zero-order valence-corrected chi connectivity index (χ0v) is 13.6. The largest absolute Gasteiger partial charge is 0.474 e. The Morgan fingerprint density at radius 2 is 2.09 bits per heavy atom. The summed E-state index contributed by atoms with van der Waals surface area (Å²) >= 11 is 0. The zero-order chi connectivity index (χ0) is 16.6. The van der Waals surface area contributed by atoms with Crippen molar-refractivity contribution in [2.45, 2.75) is 39.7 Å². The Balaban J connectivity index is 2.16. The summed E-state index contributed by atoms with van der Waals surface area (Å²) in [7, 11) is 0. The molecule has 2 heterocycles. The summed E-state index contributed by atoms with van der Waals surface area (Å²) < 4.78 is 1.43. The number of carboxylic acid groups (broad SMARTS) is 1. The molecule has 0 saturated carbocycles. The Kier molecular flexibility index (Phi) is 4.22. The standard InChI is InChI=1S/C18H22N2O3/c1-3-4-9-19-10-8-13-14-7-5-6-12(2)16(14)20(15(13)11-19)17(21)18(22)23/h5-7H,3-4,8-11H2,1-2H3,(H,22,23). The third kappa shape index (κ3) is 2.65. The van der Waals surface area contributed by atoms with Crippen molar-refractivity contribution in [3.8, 4) is 0 Å². The van der Waals surface area contributed by atoms with E-state index in [0.29, 0.717) is 6.54 Å². The van der Waals surface area contributed by atoms with Crippen LogP contribution in [0.2, 0.25) is 0 Å². The molecule has 1 aliphatic heterocycles. The lowest BCUT2D eigenvalue weighted by molar-refractivity contribution is -0.132. The smallest absolute Gasteiger partial charge is 0.395 e. The van der Waals surface area contributed by atoms with Gasteiger partial charge in [-0.3, -0.25) is 14.3 Å². The molecule has 0 atom stereocenters. The molecule has 1 N–H and O–H groups in total. The Bertz CT molecular complexity index is 776. The lowest BCUT2D eigenvalue weighted by Crippen LogP contribution is -2.34. The minimum absolute atomic E-state index is 0.641. The second-order valence-electron chi connectivity index (χ2n) is 6.22. The fraction of sp³-hybridized carbons (Fsp3) is 0.444. The third-order valence-corrected chi connectivity index (χ3v) is 4.67. The van der Waals surface area contributed by atoms with E-state index in [1.165, 1.54) is 4.57 Å². The number of hydrogen-bond donors (Lipinski definition) is 1. The molecule has 0 radical (unpaired) electrons. The second-order valence-corrected chi connectivity index (χ2v) is 6.22. The van der Waals surface area contributed by atoms with Gasteiger partial charge in [-0.25, -0.2) is 4.79 Å². The van der Waals surface area contributed by atoms with Crippen LogP contribution in [0.1, 0.15) is 41.4 Å². The number of fused-ring (bicyclic) bond motifs is 3. The van der Waals surface area contributed by atoms with E-state index >= 15 is 0 Å². The number of para-hydroxylation sites is 1. The molecule has 0 bridgehead atoms. The van der Waals surface area contributed by atoms with E-state index in [9.17, 15) is 14.7 Å². The van der Waals surface area contributed by atoms with Gasteiger partial charge >= 0.3 is 11.9 Å². The number of aromatic nitrogens is 1. The van der Waals surface area contributed by atoms with Gasteiger partial charge in [0.1, 0.15) is 0 Å². The van der Waals surface area contributed by atoms with Crippen LogP contribution in [0.3, 0.4) is 0 Å². The topological polar surface area (TPSA) is 62.5 Å². The summed E-state index contributed by atoms with van der Waals surface area (Å²) in [4.78, 5) is 25.9. The SMILES string of the molecule is CCCCN1CCc2c(n(C(=O)C(=O)O)c3c(C)cccc23)C1. The van der Waals surface area contributed by atoms with Gasteiger partial charge in [0.15, 0.2) is 0 Å². The van der Waals surface area contributed by atoms with Crippen molar-refractivity contribution in [1.29, 1.82) is 0 Å². The fourth-order valence-corrected chi connectivity index (χ4v) is 3.52. The normalized spacial score (nSPS) is 14.9. The molecule has 1 aliphatic rings. The van der Waals surface area contributed by atoms with Gasteiger partial charge in [-0.05, 0) is 37.4 Å². The van der Waals surface area contributed by atoms with Gasteiger partial charge < -0.3 is 5.11 Å². The molecule has 0 amide bonds. The number of carboxylic acids is 1. The number of hydrogen-bond acceptors (Lipinski definition) is 3. The Morgan fingerprint density at radius 3 is 2.78 bits per heavy atom. The van der Waals surface area contributed by atoms with Crippen LogP contribution in [-0.4, -0.2) is 39.5 Å². The fourth-order valence-electron chi connectivity index (χ4n) is 3.52. The lowest BCUT2D eigenvalue weighted by atomic mass is 10.0. The van der Waals surface area contributed by atoms with Gasteiger partial charge in [0.05, 0.1) is 5.52 Å². The van der Waals surface area contributed by atoms with Gasteiger partial charge in [0.25, 0.3) is 0 Å². The molecule has 5 nitrogen and oxygen atoms in total. The number of unbranched alkanes of at least 4 members (excludes halogenated alkanes) is 1. The predicted octanol–water partition coefficient (Wildman–Crippen LogP) is 2.83. The van der Waals surface area contributed by atoms with E-state index in [2.05, 4.69) is 11.8 Å². The molecule has 0 spiro atoms. The molecule has 3 rings (SSSR count). The maximum Gasteiger partial charge on any atom is 0.395 e. The van der Waals surface area contributed by atoms with Crippen molar-refractivity contribution in [2.75, 3.05) is 13.1 Å². The number of aryl methyl sites for hydroxylation is 1. The highest BCUT2D eigenvalue weighted by molar-refractivity contribution is 6.34. The van der Waals surface area contributed by atoms with Crippen molar-refractivity contribution in [1.82, 2.24) is 9.47 Å². The number of nitrogens with zero attached hydrogens (tertiary/aromatic N) is 2. The molecule has 0 saturated heterocycles. The molecular formula is C18H22N2O3. The van der Waals surface area contributed by atoms with Crippen molar-refractivity contribution in [3.63, 3.8) is 0 Å². The average molecular weight is 314 g/mol. The molecular weight excluding hydrogens is 292 g/mol. The first kappa shape index (κ1) is 15.7. The van der Waals surface area contributed by atoms with Crippen LogP contribution in [0.4, 0.5) is 0 Å². The minimum atomic E-state index is -1.40. The summed E-state index contributed by atoms with van der Waals surface area (Å²) in [6.45, 7) is 6.67. The van der Waals surface area contributed by atoms with Gasteiger partial charge in [0.2, 0.25) is 0 Å². The van der Waals surface area contributed by atoms with E-state index in [0.717, 1.165) is 60.1 Å². The Hall–Kier alpha value is -2.14. The Morgan fingerprint density at radius 1 is 1.30 bits per heavy atom. The van der Waals surface area contributed by atoms with E-state index in [-0.39, 0.29) is 0 Å². The highest BCUT2D eigenvalue weighted by atomic mass is 16.4. The number of carbonyl (C=O) groups is 2. The van der Waals surface area contributed by atoms with Crippen LogP contribution in [0.15, 0.2) is 18.2 Å². The minimum Gasteiger partial charge on any atom is -0.474 e. The van der Waals surface area contributed by atoms with Crippen LogP contribution in [0.25, 0.3) is 10.9 Å². The van der Waals surface area contributed by atoms with Crippen molar-refractivity contribution in [3.05, 3.63) is 35.0 Å². The van der Waals surface area contributed by atoms with Crippen LogP contribution in [0.5, 0.6) is 0 Å². The van der Waals surface area contributed by atoms with Gasteiger partial charge in [0, 0.05) is 24.2 Å². The van der Waals surface area contributed by atoms with Crippen LogP contribution < -0.4 is 0 Å². The number of carbonyl (C=O) groups excluding carboxylic acids is 1. The van der Waals surface area contributed by atoms with Crippen molar-refractivity contribution >= 4 is 22.8 Å². The second kappa shape index (κ2) is 6.16. The molecule has 5 heteroatoms. The molecule has 1 aromatic carbocycles. The quantitative estimate of drug-likeness (QED) is 0.885.